The van der Waals surface area contributed by atoms with Crippen molar-refractivity contribution in [3.05, 3.63) is 24.3 Å². The lowest BCUT2D eigenvalue weighted by molar-refractivity contribution is -0.119. The van der Waals surface area contributed by atoms with Gasteiger partial charge in [0.05, 0.1) is 6.54 Å². The zero-order valence-corrected chi connectivity index (χ0v) is 9.27. The van der Waals surface area contributed by atoms with Gasteiger partial charge in [0.1, 0.15) is 5.52 Å². The first kappa shape index (κ1) is 10.1. The summed E-state index contributed by atoms with van der Waals surface area (Å²) in [5.41, 5.74) is 1.51. The third-order valence-corrected chi connectivity index (χ3v) is 2.64. The number of rotatable bonds is 4. The number of carbonyl (C=O) groups excluding carboxylic acids is 1. The fourth-order valence-electron chi connectivity index (χ4n) is 1.61. The van der Waals surface area contributed by atoms with E-state index in [0.29, 0.717) is 12.1 Å². The van der Waals surface area contributed by atoms with Gasteiger partial charge in [-0.1, -0.05) is 12.1 Å². The Morgan fingerprint density at radius 3 is 3.00 bits per heavy atom. The molecule has 1 saturated carbocycles. The molecule has 0 saturated heterocycles. The SMILES string of the molecule is O=C(CNc1nc2ccccc2o1)NC1CC1. The van der Waals surface area contributed by atoms with Gasteiger partial charge >= 0.3 is 0 Å². The summed E-state index contributed by atoms with van der Waals surface area (Å²) in [6, 6.07) is 8.27. The molecule has 1 aliphatic rings. The van der Waals surface area contributed by atoms with E-state index in [0.717, 1.165) is 23.9 Å². The maximum absolute atomic E-state index is 11.4. The fourth-order valence-corrected chi connectivity index (χ4v) is 1.61. The minimum Gasteiger partial charge on any atom is -0.424 e. The Kier molecular flexibility index (Phi) is 2.44. The summed E-state index contributed by atoms with van der Waals surface area (Å²) < 4.78 is 5.44. The number of aromatic nitrogens is 1. The highest BCUT2D eigenvalue weighted by Gasteiger charge is 2.23. The van der Waals surface area contributed by atoms with Crippen molar-refractivity contribution in [1.82, 2.24) is 10.3 Å². The van der Waals surface area contributed by atoms with Crippen LogP contribution in [0.3, 0.4) is 0 Å². The standard InChI is InChI=1S/C12H13N3O2/c16-11(14-8-5-6-8)7-13-12-15-9-3-1-2-4-10(9)17-12/h1-4,8H,5-7H2,(H,13,15)(H,14,16). The Morgan fingerprint density at radius 2 is 2.24 bits per heavy atom. The number of hydrogen-bond acceptors (Lipinski definition) is 4. The summed E-state index contributed by atoms with van der Waals surface area (Å²) in [5.74, 6) is -0.0187. The number of para-hydroxylation sites is 2. The number of anilines is 1. The molecule has 0 aliphatic heterocycles. The lowest BCUT2D eigenvalue weighted by Gasteiger charge is -2.02. The summed E-state index contributed by atoms with van der Waals surface area (Å²) in [4.78, 5) is 15.7. The molecule has 17 heavy (non-hydrogen) atoms. The molecule has 1 aromatic heterocycles. The molecule has 5 heteroatoms. The van der Waals surface area contributed by atoms with E-state index in [1.165, 1.54) is 0 Å². The Labute approximate surface area is 98.2 Å². The summed E-state index contributed by atoms with van der Waals surface area (Å²) in [7, 11) is 0. The summed E-state index contributed by atoms with van der Waals surface area (Å²) >= 11 is 0. The lowest BCUT2D eigenvalue weighted by atomic mass is 10.3. The van der Waals surface area contributed by atoms with Crippen molar-refractivity contribution < 1.29 is 9.21 Å². The molecule has 3 rings (SSSR count). The molecule has 1 fully saturated rings. The van der Waals surface area contributed by atoms with Gasteiger partial charge in [0.25, 0.3) is 6.01 Å². The fraction of sp³-hybridized carbons (Fsp3) is 0.333. The van der Waals surface area contributed by atoms with Crippen LogP contribution in [-0.4, -0.2) is 23.5 Å². The molecular weight excluding hydrogens is 218 g/mol. The molecule has 1 heterocycles. The Bertz CT molecular complexity index is 512. The largest absolute Gasteiger partial charge is 0.424 e. The van der Waals surface area contributed by atoms with Crippen molar-refractivity contribution in [2.45, 2.75) is 18.9 Å². The highest BCUT2D eigenvalue weighted by atomic mass is 16.4. The lowest BCUT2D eigenvalue weighted by Crippen LogP contribution is -2.31. The van der Waals surface area contributed by atoms with Gasteiger partial charge in [0.2, 0.25) is 5.91 Å². The van der Waals surface area contributed by atoms with E-state index in [1.54, 1.807) is 0 Å². The van der Waals surface area contributed by atoms with Crippen LogP contribution in [0.5, 0.6) is 0 Å². The molecule has 1 aliphatic carbocycles. The van der Waals surface area contributed by atoms with Gasteiger partial charge in [-0.25, -0.2) is 0 Å². The van der Waals surface area contributed by atoms with Crippen LogP contribution in [0.15, 0.2) is 28.7 Å². The predicted octanol–water partition coefficient (Wildman–Crippen LogP) is 1.52. The van der Waals surface area contributed by atoms with Crippen molar-refractivity contribution in [1.29, 1.82) is 0 Å². The molecule has 0 radical (unpaired) electrons. The molecule has 0 unspecified atom stereocenters. The van der Waals surface area contributed by atoms with Gasteiger partial charge in [-0.05, 0) is 25.0 Å². The summed E-state index contributed by atoms with van der Waals surface area (Å²) in [5, 5.41) is 5.76. The predicted molar refractivity (Wildman–Crippen MR) is 63.7 cm³/mol. The number of oxazole rings is 1. The van der Waals surface area contributed by atoms with Crippen LogP contribution in [0.25, 0.3) is 11.1 Å². The first-order valence-electron chi connectivity index (χ1n) is 5.70. The smallest absolute Gasteiger partial charge is 0.296 e. The summed E-state index contributed by atoms with van der Waals surface area (Å²) in [6.45, 7) is 0.198. The molecular formula is C12H13N3O2. The second-order valence-corrected chi connectivity index (χ2v) is 4.18. The van der Waals surface area contributed by atoms with Crippen LogP contribution in [-0.2, 0) is 4.79 Å². The molecule has 5 nitrogen and oxygen atoms in total. The minimum atomic E-state index is -0.0187. The van der Waals surface area contributed by atoms with E-state index in [2.05, 4.69) is 15.6 Å². The van der Waals surface area contributed by atoms with Crippen molar-refractivity contribution >= 4 is 23.0 Å². The van der Waals surface area contributed by atoms with Crippen molar-refractivity contribution in [3.63, 3.8) is 0 Å². The zero-order chi connectivity index (χ0) is 11.7. The third-order valence-electron chi connectivity index (χ3n) is 2.64. The minimum absolute atomic E-state index is 0.0187. The van der Waals surface area contributed by atoms with Crippen LogP contribution < -0.4 is 10.6 Å². The number of fused-ring (bicyclic) bond motifs is 1. The van der Waals surface area contributed by atoms with Gasteiger partial charge in [-0.3, -0.25) is 4.79 Å². The molecule has 0 spiro atoms. The molecule has 88 valence electrons. The number of amides is 1. The van der Waals surface area contributed by atoms with Crippen LogP contribution >= 0.6 is 0 Å². The quantitative estimate of drug-likeness (QED) is 0.837. The van der Waals surface area contributed by atoms with E-state index in [4.69, 9.17) is 4.42 Å². The normalized spacial score (nSPS) is 14.8. The Morgan fingerprint density at radius 1 is 1.41 bits per heavy atom. The third kappa shape index (κ3) is 2.38. The molecule has 1 aromatic carbocycles. The second-order valence-electron chi connectivity index (χ2n) is 4.18. The highest BCUT2D eigenvalue weighted by molar-refractivity contribution is 5.81. The van der Waals surface area contributed by atoms with Gasteiger partial charge in [0.15, 0.2) is 5.58 Å². The van der Waals surface area contributed by atoms with Crippen molar-refractivity contribution in [3.8, 4) is 0 Å². The van der Waals surface area contributed by atoms with E-state index >= 15 is 0 Å². The zero-order valence-electron chi connectivity index (χ0n) is 9.27. The number of benzene rings is 1. The van der Waals surface area contributed by atoms with Crippen LogP contribution in [0.4, 0.5) is 6.01 Å². The Hall–Kier alpha value is -2.04. The first-order chi connectivity index (χ1) is 8.31. The molecule has 0 bridgehead atoms. The average molecular weight is 231 g/mol. The number of nitrogens with zero attached hydrogens (tertiary/aromatic N) is 1. The van der Waals surface area contributed by atoms with Gasteiger partial charge < -0.3 is 15.1 Å². The highest BCUT2D eigenvalue weighted by Crippen LogP contribution is 2.19. The number of carbonyl (C=O) groups is 1. The van der Waals surface area contributed by atoms with Crippen LogP contribution in [0, 0.1) is 0 Å². The summed E-state index contributed by atoms with van der Waals surface area (Å²) in [6.07, 6.45) is 2.18. The molecule has 2 aromatic rings. The molecule has 1 amide bonds. The van der Waals surface area contributed by atoms with Crippen LogP contribution in [0.2, 0.25) is 0 Å². The van der Waals surface area contributed by atoms with Crippen LogP contribution in [0.1, 0.15) is 12.8 Å². The van der Waals surface area contributed by atoms with Gasteiger partial charge in [-0.2, -0.15) is 4.98 Å². The van der Waals surface area contributed by atoms with Crippen molar-refractivity contribution in [2.75, 3.05) is 11.9 Å². The Balaban J connectivity index is 1.61. The monoisotopic (exact) mass is 231 g/mol. The molecule has 2 N–H and O–H groups in total. The number of hydrogen-bond donors (Lipinski definition) is 2. The second kappa shape index (κ2) is 4.08. The maximum Gasteiger partial charge on any atom is 0.296 e. The van der Waals surface area contributed by atoms with E-state index in [-0.39, 0.29) is 12.5 Å². The maximum atomic E-state index is 11.4. The molecule has 0 atom stereocenters. The van der Waals surface area contributed by atoms with Gasteiger partial charge in [0, 0.05) is 6.04 Å². The van der Waals surface area contributed by atoms with E-state index in [1.807, 2.05) is 24.3 Å². The topological polar surface area (TPSA) is 67.2 Å². The average Bonchev–Trinajstić information content (AvgIpc) is 3.03. The van der Waals surface area contributed by atoms with E-state index < -0.39 is 0 Å². The van der Waals surface area contributed by atoms with Crippen molar-refractivity contribution in [2.24, 2.45) is 0 Å². The van der Waals surface area contributed by atoms with Gasteiger partial charge in [-0.15, -0.1) is 0 Å². The number of nitrogens with one attached hydrogen (secondary N) is 2. The van der Waals surface area contributed by atoms with E-state index in [9.17, 15) is 4.79 Å². The first-order valence-corrected chi connectivity index (χ1v) is 5.70.